The minimum absolute atomic E-state index is 0.165. The van der Waals surface area contributed by atoms with Crippen molar-refractivity contribution >= 4 is 35.2 Å². The molecule has 0 saturated heterocycles. The third-order valence-corrected chi connectivity index (χ3v) is 4.52. The van der Waals surface area contributed by atoms with Crippen molar-refractivity contribution in [3.05, 3.63) is 46.9 Å². The molecule has 0 aliphatic rings. The van der Waals surface area contributed by atoms with E-state index in [1.54, 1.807) is 23.9 Å². The smallest absolute Gasteiger partial charge is 0.237 e. The lowest BCUT2D eigenvalue weighted by Crippen LogP contribution is -2.14. The van der Waals surface area contributed by atoms with Gasteiger partial charge >= 0.3 is 0 Å². The molecule has 2 aromatic heterocycles. The predicted molar refractivity (Wildman–Crippen MR) is 91.7 cm³/mol. The first-order valence-corrected chi connectivity index (χ1v) is 8.42. The highest BCUT2D eigenvalue weighted by atomic mass is 35.5. The topological polar surface area (TPSA) is 85.8 Å². The van der Waals surface area contributed by atoms with Crippen LogP contribution in [0.25, 0.3) is 5.69 Å². The maximum Gasteiger partial charge on any atom is 0.237 e. The van der Waals surface area contributed by atoms with E-state index in [4.69, 9.17) is 16.1 Å². The summed E-state index contributed by atoms with van der Waals surface area (Å²) >= 11 is 7.43. The number of amides is 1. The van der Waals surface area contributed by atoms with Crippen molar-refractivity contribution in [2.75, 3.05) is 11.1 Å². The first-order valence-electron chi connectivity index (χ1n) is 7.05. The van der Waals surface area contributed by atoms with Gasteiger partial charge in [-0.1, -0.05) is 34.6 Å². The van der Waals surface area contributed by atoms with E-state index in [0.29, 0.717) is 21.8 Å². The molecule has 24 heavy (non-hydrogen) atoms. The summed E-state index contributed by atoms with van der Waals surface area (Å²) in [5.74, 6) is 0.274. The Morgan fingerprint density at radius 2 is 2.21 bits per heavy atom. The summed E-state index contributed by atoms with van der Waals surface area (Å²) in [4.78, 5) is 12.0. The highest BCUT2D eigenvalue weighted by Gasteiger charge is 2.12. The van der Waals surface area contributed by atoms with Gasteiger partial charge in [0.15, 0.2) is 5.16 Å². The van der Waals surface area contributed by atoms with Crippen LogP contribution in [0.4, 0.5) is 5.88 Å². The number of hydrogen-bond donors (Lipinski definition) is 1. The first kappa shape index (κ1) is 16.5. The Morgan fingerprint density at radius 1 is 1.38 bits per heavy atom. The van der Waals surface area contributed by atoms with Gasteiger partial charge in [-0.3, -0.25) is 14.7 Å². The minimum atomic E-state index is -0.215. The van der Waals surface area contributed by atoms with Crippen molar-refractivity contribution in [3.63, 3.8) is 0 Å². The fraction of sp³-hybridized carbons (Fsp3) is 0.200. The summed E-state index contributed by atoms with van der Waals surface area (Å²) < 4.78 is 6.73. The SMILES string of the molecule is Cc1cc(NC(=O)CSc2nncn2-c2ccc(C)c(Cl)c2)on1. The van der Waals surface area contributed by atoms with Crippen molar-refractivity contribution in [2.24, 2.45) is 0 Å². The molecule has 1 N–H and O–H groups in total. The molecule has 0 radical (unpaired) electrons. The molecule has 0 spiro atoms. The summed E-state index contributed by atoms with van der Waals surface area (Å²) in [6.45, 7) is 3.71. The Balaban J connectivity index is 1.67. The molecule has 0 fully saturated rings. The van der Waals surface area contributed by atoms with Crippen LogP contribution >= 0.6 is 23.4 Å². The average Bonchev–Trinajstić information content (AvgIpc) is 3.17. The molecule has 1 aromatic carbocycles. The van der Waals surface area contributed by atoms with Crippen LogP contribution in [0.15, 0.2) is 40.3 Å². The number of anilines is 1. The van der Waals surface area contributed by atoms with Gasteiger partial charge in [-0.15, -0.1) is 10.2 Å². The van der Waals surface area contributed by atoms with Gasteiger partial charge in [-0.05, 0) is 31.5 Å². The lowest BCUT2D eigenvalue weighted by Gasteiger charge is -2.07. The zero-order valence-corrected chi connectivity index (χ0v) is 14.6. The standard InChI is InChI=1S/C15H14ClN5O2S/c1-9-3-4-11(6-12(9)16)21-8-17-19-15(21)24-7-13(22)18-14-5-10(2)20-23-14/h3-6,8H,7H2,1-2H3,(H,18,22). The molecule has 3 aromatic rings. The molecule has 3 rings (SSSR count). The molecular formula is C15H14ClN5O2S. The zero-order valence-electron chi connectivity index (χ0n) is 13.0. The number of carbonyl (C=O) groups excluding carboxylic acids is 1. The third kappa shape index (κ3) is 3.77. The summed E-state index contributed by atoms with van der Waals surface area (Å²) in [6.07, 6.45) is 1.58. The molecule has 0 bridgehead atoms. The van der Waals surface area contributed by atoms with Crippen molar-refractivity contribution in [2.45, 2.75) is 19.0 Å². The van der Waals surface area contributed by atoms with Gasteiger partial charge in [0.2, 0.25) is 11.8 Å². The molecule has 0 aliphatic carbocycles. The number of thioether (sulfide) groups is 1. The summed E-state index contributed by atoms with van der Waals surface area (Å²) in [6, 6.07) is 7.33. The van der Waals surface area contributed by atoms with Gasteiger partial charge in [-0.25, -0.2) is 0 Å². The minimum Gasteiger partial charge on any atom is -0.338 e. The Labute approximate surface area is 147 Å². The first-order chi connectivity index (χ1) is 11.5. The number of nitrogens with one attached hydrogen (secondary N) is 1. The van der Waals surface area contributed by atoms with Gasteiger partial charge in [0.1, 0.15) is 6.33 Å². The van der Waals surface area contributed by atoms with Crippen LogP contribution in [0.1, 0.15) is 11.3 Å². The van der Waals surface area contributed by atoms with Crippen LogP contribution < -0.4 is 5.32 Å². The van der Waals surface area contributed by atoms with Crippen molar-refractivity contribution < 1.29 is 9.32 Å². The molecular weight excluding hydrogens is 350 g/mol. The maximum atomic E-state index is 12.0. The van der Waals surface area contributed by atoms with E-state index in [0.717, 1.165) is 11.3 Å². The molecule has 0 unspecified atom stereocenters. The third-order valence-electron chi connectivity index (χ3n) is 3.17. The van der Waals surface area contributed by atoms with Gasteiger partial charge in [0.25, 0.3) is 0 Å². The Kier molecular flexibility index (Phi) is 4.86. The van der Waals surface area contributed by atoms with E-state index in [-0.39, 0.29) is 11.7 Å². The average molecular weight is 364 g/mol. The van der Waals surface area contributed by atoms with Crippen LogP contribution in [-0.2, 0) is 4.79 Å². The van der Waals surface area contributed by atoms with E-state index >= 15 is 0 Å². The van der Waals surface area contributed by atoms with Crippen molar-refractivity contribution in [1.82, 2.24) is 19.9 Å². The number of rotatable bonds is 5. The Bertz CT molecular complexity index is 876. The van der Waals surface area contributed by atoms with Crippen LogP contribution in [0.2, 0.25) is 5.02 Å². The van der Waals surface area contributed by atoms with E-state index in [9.17, 15) is 4.79 Å². The monoisotopic (exact) mass is 363 g/mol. The van der Waals surface area contributed by atoms with Crippen molar-refractivity contribution in [3.8, 4) is 5.69 Å². The van der Waals surface area contributed by atoms with E-state index < -0.39 is 0 Å². The summed E-state index contributed by atoms with van der Waals surface area (Å²) in [7, 11) is 0. The number of halogens is 1. The number of benzene rings is 1. The fourth-order valence-corrected chi connectivity index (χ4v) is 2.86. The molecule has 7 nitrogen and oxygen atoms in total. The Morgan fingerprint density at radius 3 is 2.92 bits per heavy atom. The van der Waals surface area contributed by atoms with Gasteiger partial charge in [0, 0.05) is 11.1 Å². The van der Waals surface area contributed by atoms with E-state index in [1.165, 1.54) is 11.8 Å². The van der Waals surface area contributed by atoms with Crippen LogP contribution in [0, 0.1) is 13.8 Å². The predicted octanol–water partition coefficient (Wildman–Crippen LogP) is 3.26. The summed E-state index contributed by atoms with van der Waals surface area (Å²) in [5, 5.41) is 15.6. The van der Waals surface area contributed by atoms with Crippen molar-refractivity contribution in [1.29, 1.82) is 0 Å². The van der Waals surface area contributed by atoms with E-state index in [2.05, 4.69) is 20.7 Å². The zero-order chi connectivity index (χ0) is 17.1. The molecule has 1 amide bonds. The lowest BCUT2D eigenvalue weighted by atomic mass is 10.2. The number of aryl methyl sites for hydroxylation is 2. The number of aromatic nitrogens is 4. The number of hydrogen-bond acceptors (Lipinski definition) is 6. The van der Waals surface area contributed by atoms with Crippen LogP contribution in [0.5, 0.6) is 0 Å². The molecule has 9 heteroatoms. The molecule has 0 aliphatic heterocycles. The van der Waals surface area contributed by atoms with Crippen LogP contribution in [-0.4, -0.2) is 31.6 Å². The number of carbonyl (C=O) groups is 1. The molecule has 0 atom stereocenters. The second kappa shape index (κ2) is 7.06. The summed E-state index contributed by atoms with van der Waals surface area (Å²) in [5.41, 5.74) is 2.53. The normalized spacial score (nSPS) is 10.8. The Hall–Kier alpha value is -2.32. The largest absolute Gasteiger partial charge is 0.338 e. The quantitative estimate of drug-likeness (QED) is 0.700. The second-order valence-corrected chi connectivity index (χ2v) is 6.44. The van der Waals surface area contributed by atoms with E-state index in [1.807, 2.05) is 25.1 Å². The molecule has 0 saturated carbocycles. The fourth-order valence-electron chi connectivity index (χ4n) is 1.96. The van der Waals surface area contributed by atoms with Gasteiger partial charge in [0.05, 0.1) is 17.1 Å². The second-order valence-electron chi connectivity index (χ2n) is 5.09. The van der Waals surface area contributed by atoms with Gasteiger partial charge < -0.3 is 4.52 Å². The highest BCUT2D eigenvalue weighted by molar-refractivity contribution is 7.99. The lowest BCUT2D eigenvalue weighted by molar-refractivity contribution is -0.113. The molecule has 2 heterocycles. The maximum absolute atomic E-state index is 12.0. The number of nitrogens with zero attached hydrogens (tertiary/aromatic N) is 4. The van der Waals surface area contributed by atoms with Crippen LogP contribution in [0.3, 0.4) is 0 Å². The van der Waals surface area contributed by atoms with Gasteiger partial charge in [-0.2, -0.15) is 0 Å². The molecule has 124 valence electrons. The highest BCUT2D eigenvalue weighted by Crippen LogP contribution is 2.24.